The van der Waals surface area contributed by atoms with Crippen LogP contribution in [0.4, 0.5) is 5.69 Å². The number of hydrogen-bond acceptors (Lipinski definition) is 4. The zero-order valence-corrected chi connectivity index (χ0v) is 15.7. The maximum Gasteiger partial charge on any atom is 0.272 e. The summed E-state index contributed by atoms with van der Waals surface area (Å²) in [6, 6.07) is 15.0. The molecule has 0 bridgehead atoms. The molecular formula is C21H21NO3S. The fourth-order valence-corrected chi connectivity index (χ4v) is 3.74. The Morgan fingerprint density at radius 3 is 2.19 bits per heavy atom. The molecule has 1 aliphatic heterocycles. The van der Waals surface area contributed by atoms with Crippen LogP contribution in [0.25, 0.3) is 5.57 Å². The summed E-state index contributed by atoms with van der Waals surface area (Å²) in [4.78, 5) is 27.7. The third-order valence-corrected chi connectivity index (χ3v) is 5.38. The summed E-state index contributed by atoms with van der Waals surface area (Å²) in [6.45, 7) is 3.98. The van der Waals surface area contributed by atoms with Crippen LogP contribution < -0.4 is 4.90 Å². The SMILES string of the molecule is CCc1ccc(N2C(=O)C(SCCO)=C(c3ccc(C)cc3)C2=O)cc1. The number of hydrogen-bond donors (Lipinski definition) is 1. The third-order valence-electron chi connectivity index (χ3n) is 4.32. The van der Waals surface area contributed by atoms with E-state index in [0.29, 0.717) is 21.9 Å². The van der Waals surface area contributed by atoms with Crippen molar-refractivity contribution in [2.24, 2.45) is 0 Å². The van der Waals surface area contributed by atoms with Crippen LogP contribution in [-0.4, -0.2) is 29.3 Å². The van der Waals surface area contributed by atoms with E-state index in [0.717, 1.165) is 23.1 Å². The fraction of sp³-hybridized carbons (Fsp3) is 0.238. The Kier molecular flexibility index (Phi) is 5.59. The molecule has 134 valence electrons. The maximum atomic E-state index is 13.1. The van der Waals surface area contributed by atoms with Crippen LogP contribution in [0.1, 0.15) is 23.6 Å². The number of aryl methyl sites for hydroxylation is 2. The summed E-state index contributed by atoms with van der Waals surface area (Å²) < 4.78 is 0. The zero-order chi connectivity index (χ0) is 18.7. The van der Waals surface area contributed by atoms with Gasteiger partial charge in [-0.1, -0.05) is 48.9 Å². The van der Waals surface area contributed by atoms with Gasteiger partial charge < -0.3 is 5.11 Å². The molecule has 0 atom stereocenters. The van der Waals surface area contributed by atoms with E-state index in [2.05, 4.69) is 6.92 Å². The lowest BCUT2D eigenvalue weighted by molar-refractivity contribution is -0.119. The smallest absolute Gasteiger partial charge is 0.272 e. The minimum absolute atomic E-state index is 0.0536. The Balaban J connectivity index is 2.03. The van der Waals surface area contributed by atoms with Crippen molar-refractivity contribution in [2.75, 3.05) is 17.3 Å². The third kappa shape index (κ3) is 3.45. The van der Waals surface area contributed by atoms with E-state index >= 15 is 0 Å². The fourth-order valence-electron chi connectivity index (χ4n) is 2.88. The van der Waals surface area contributed by atoms with E-state index in [-0.39, 0.29) is 18.4 Å². The van der Waals surface area contributed by atoms with Gasteiger partial charge in [0, 0.05) is 5.75 Å². The Morgan fingerprint density at radius 2 is 1.62 bits per heavy atom. The van der Waals surface area contributed by atoms with E-state index in [1.165, 1.54) is 16.7 Å². The minimum Gasteiger partial charge on any atom is -0.396 e. The second-order valence-electron chi connectivity index (χ2n) is 6.11. The molecule has 0 saturated heterocycles. The van der Waals surface area contributed by atoms with Crippen molar-refractivity contribution in [1.82, 2.24) is 0 Å². The number of anilines is 1. The highest BCUT2D eigenvalue weighted by Gasteiger charge is 2.40. The van der Waals surface area contributed by atoms with Crippen LogP contribution in [0, 0.1) is 6.92 Å². The second-order valence-corrected chi connectivity index (χ2v) is 7.21. The minimum atomic E-state index is -0.326. The lowest BCUT2D eigenvalue weighted by atomic mass is 10.0. The molecule has 4 nitrogen and oxygen atoms in total. The van der Waals surface area contributed by atoms with Crippen LogP contribution in [0.15, 0.2) is 53.4 Å². The van der Waals surface area contributed by atoms with Crippen LogP contribution in [0.2, 0.25) is 0 Å². The molecule has 0 spiro atoms. The molecule has 0 radical (unpaired) electrons. The predicted molar refractivity (Wildman–Crippen MR) is 106 cm³/mol. The highest BCUT2D eigenvalue weighted by Crippen LogP contribution is 2.38. The first-order valence-corrected chi connectivity index (χ1v) is 9.58. The summed E-state index contributed by atoms with van der Waals surface area (Å²) in [7, 11) is 0. The highest BCUT2D eigenvalue weighted by molar-refractivity contribution is 8.04. The van der Waals surface area contributed by atoms with Gasteiger partial charge in [-0.25, -0.2) is 4.90 Å². The topological polar surface area (TPSA) is 57.6 Å². The van der Waals surface area contributed by atoms with Gasteiger partial charge in [-0.2, -0.15) is 0 Å². The molecule has 1 heterocycles. The summed E-state index contributed by atoms with van der Waals surface area (Å²) in [5.41, 5.74) is 3.94. The van der Waals surface area contributed by atoms with Crippen LogP contribution in [0.5, 0.6) is 0 Å². The van der Waals surface area contributed by atoms with E-state index in [4.69, 9.17) is 5.11 Å². The van der Waals surface area contributed by atoms with Crippen LogP contribution in [-0.2, 0) is 16.0 Å². The molecule has 2 aromatic carbocycles. The molecule has 1 aliphatic rings. The van der Waals surface area contributed by atoms with Gasteiger partial charge in [-0.3, -0.25) is 9.59 Å². The van der Waals surface area contributed by atoms with Gasteiger partial charge in [0.15, 0.2) is 0 Å². The summed E-state index contributed by atoms with van der Waals surface area (Å²) in [5, 5.41) is 9.16. The van der Waals surface area contributed by atoms with Crippen molar-refractivity contribution in [1.29, 1.82) is 0 Å². The number of carbonyl (C=O) groups is 2. The molecule has 1 N–H and O–H groups in total. The lowest BCUT2D eigenvalue weighted by Gasteiger charge is -2.15. The number of nitrogens with zero attached hydrogens (tertiary/aromatic N) is 1. The highest BCUT2D eigenvalue weighted by atomic mass is 32.2. The number of carbonyl (C=O) groups excluding carboxylic acids is 2. The summed E-state index contributed by atoms with van der Waals surface area (Å²) in [5.74, 6) is -0.274. The summed E-state index contributed by atoms with van der Waals surface area (Å²) >= 11 is 1.23. The van der Waals surface area contributed by atoms with Crippen LogP contribution >= 0.6 is 11.8 Å². The van der Waals surface area contributed by atoms with Gasteiger partial charge in [0.25, 0.3) is 11.8 Å². The van der Waals surface area contributed by atoms with Crippen molar-refractivity contribution in [2.45, 2.75) is 20.3 Å². The first-order valence-electron chi connectivity index (χ1n) is 8.59. The molecule has 0 fully saturated rings. The van der Waals surface area contributed by atoms with Gasteiger partial charge in [-0.15, -0.1) is 11.8 Å². The monoisotopic (exact) mass is 367 g/mol. The van der Waals surface area contributed by atoms with Crippen molar-refractivity contribution in [3.63, 3.8) is 0 Å². The standard InChI is InChI=1S/C21H21NO3S/c1-3-15-6-10-17(11-7-15)22-20(24)18(16-8-4-14(2)5-9-16)19(21(22)25)26-13-12-23/h4-11,23H,3,12-13H2,1-2H3. The van der Waals surface area contributed by atoms with Gasteiger partial charge >= 0.3 is 0 Å². The van der Waals surface area contributed by atoms with Crippen LogP contribution in [0.3, 0.4) is 0 Å². The zero-order valence-electron chi connectivity index (χ0n) is 14.9. The van der Waals surface area contributed by atoms with E-state index < -0.39 is 0 Å². The number of aliphatic hydroxyl groups excluding tert-OH is 1. The van der Waals surface area contributed by atoms with Gasteiger partial charge in [0.2, 0.25) is 0 Å². The number of benzene rings is 2. The van der Waals surface area contributed by atoms with E-state index in [9.17, 15) is 9.59 Å². The van der Waals surface area contributed by atoms with Gasteiger partial charge in [0.1, 0.15) is 0 Å². The Hall–Kier alpha value is -2.37. The van der Waals surface area contributed by atoms with Crippen molar-refractivity contribution < 1.29 is 14.7 Å². The van der Waals surface area contributed by atoms with Crippen molar-refractivity contribution in [3.8, 4) is 0 Å². The average Bonchev–Trinajstić information content (AvgIpc) is 2.91. The molecule has 0 aromatic heterocycles. The van der Waals surface area contributed by atoms with Crippen molar-refractivity contribution >= 4 is 34.8 Å². The molecule has 2 amide bonds. The van der Waals surface area contributed by atoms with Gasteiger partial charge in [0.05, 0.1) is 22.8 Å². The van der Waals surface area contributed by atoms with Crippen molar-refractivity contribution in [3.05, 3.63) is 70.1 Å². The quantitative estimate of drug-likeness (QED) is 0.793. The second kappa shape index (κ2) is 7.89. The van der Waals surface area contributed by atoms with E-state index in [1.54, 1.807) is 12.1 Å². The first kappa shape index (κ1) is 18.4. The molecule has 2 aromatic rings. The largest absolute Gasteiger partial charge is 0.396 e. The molecule has 0 aliphatic carbocycles. The number of amides is 2. The molecule has 0 saturated carbocycles. The molecule has 3 rings (SSSR count). The predicted octanol–water partition coefficient (Wildman–Crippen LogP) is 3.57. The lowest BCUT2D eigenvalue weighted by Crippen LogP contribution is -2.31. The maximum absolute atomic E-state index is 13.1. The first-order chi connectivity index (χ1) is 12.6. The molecule has 5 heteroatoms. The number of thioether (sulfide) groups is 1. The molecule has 26 heavy (non-hydrogen) atoms. The normalized spacial score (nSPS) is 14.5. The van der Waals surface area contributed by atoms with Gasteiger partial charge in [-0.05, 0) is 36.6 Å². The summed E-state index contributed by atoms with van der Waals surface area (Å²) in [6.07, 6.45) is 0.895. The van der Waals surface area contributed by atoms with E-state index in [1.807, 2.05) is 43.3 Å². The molecule has 0 unspecified atom stereocenters. The Labute approximate surface area is 157 Å². The Morgan fingerprint density at radius 1 is 0.962 bits per heavy atom. The number of aliphatic hydroxyl groups is 1. The molecular weight excluding hydrogens is 346 g/mol. The Bertz CT molecular complexity index is 854. The average molecular weight is 367 g/mol. The number of rotatable bonds is 6. The number of imide groups is 1.